The summed E-state index contributed by atoms with van der Waals surface area (Å²) in [5, 5.41) is 9.40. The standard InChI is InChI=1S/C22H37N5O3.HI/c1-21(2,3)30-20(28)27-22(4,5)15-26-19(23-6)25-14-16-11-12-24-18(13-16)29-17-9-7-8-10-17;/h11-13,17H,7-10,14-15H2,1-6H3,(H,27,28)(H2,23,25,26);1H. The van der Waals surface area contributed by atoms with Crippen LogP contribution in [-0.4, -0.2) is 47.9 Å². The molecule has 3 N–H and O–H groups in total. The molecule has 0 saturated heterocycles. The van der Waals surface area contributed by atoms with Gasteiger partial charge in [0.15, 0.2) is 5.96 Å². The largest absolute Gasteiger partial charge is 0.474 e. The maximum absolute atomic E-state index is 12.0. The highest BCUT2D eigenvalue weighted by atomic mass is 127. The van der Waals surface area contributed by atoms with Crippen molar-refractivity contribution in [3.8, 4) is 5.88 Å². The Morgan fingerprint density at radius 3 is 2.48 bits per heavy atom. The number of guanidine groups is 1. The molecular formula is C22H38IN5O3. The number of hydrogen-bond acceptors (Lipinski definition) is 5. The van der Waals surface area contributed by atoms with Gasteiger partial charge in [-0.25, -0.2) is 9.78 Å². The molecule has 0 aromatic carbocycles. The van der Waals surface area contributed by atoms with E-state index in [0.29, 0.717) is 24.9 Å². The van der Waals surface area contributed by atoms with E-state index >= 15 is 0 Å². The number of pyridine rings is 1. The lowest BCUT2D eigenvalue weighted by molar-refractivity contribution is 0.0474. The average molecular weight is 547 g/mol. The van der Waals surface area contributed by atoms with Crippen molar-refractivity contribution in [2.24, 2.45) is 4.99 Å². The number of carbonyl (C=O) groups excluding carboxylic acids is 1. The van der Waals surface area contributed by atoms with Gasteiger partial charge in [0.05, 0.1) is 5.54 Å². The number of ether oxygens (including phenoxy) is 2. The van der Waals surface area contributed by atoms with Crippen LogP contribution in [0.25, 0.3) is 0 Å². The summed E-state index contributed by atoms with van der Waals surface area (Å²) < 4.78 is 11.3. The number of nitrogens with one attached hydrogen (secondary N) is 3. The molecule has 1 aromatic heterocycles. The fourth-order valence-corrected chi connectivity index (χ4v) is 3.14. The summed E-state index contributed by atoms with van der Waals surface area (Å²) in [7, 11) is 1.71. The quantitative estimate of drug-likeness (QED) is 0.272. The number of hydrogen-bond donors (Lipinski definition) is 3. The van der Waals surface area contributed by atoms with E-state index in [-0.39, 0.29) is 30.1 Å². The predicted octanol–water partition coefficient (Wildman–Crippen LogP) is 3.99. The second-order valence-corrected chi connectivity index (χ2v) is 9.32. The normalized spacial score (nSPS) is 15.1. The van der Waals surface area contributed by atoms with E-state index in [1.165, 1.54) is 12.8 Å². The van der Waals surface area contributed by atoms with Crippen LogP contribution in [0.5, 0.6) is 5.88 Å². The van der Waals surface area contributed by atoms with Gasteiger partial charge in [-0.3, -0.25) is 4.99 Å². The molecular weight excluding hydrogens is 509 g/mol. The zero-order valence-corrected chi connectivity index (χ0v) is 21.9. The fraction of sp³-hybridized carbons (Fsp3) is 0.682. The molecule has 1 amide bonds. The molecule has 0 radical (unpaired) electrons. The molecule has 0 atom stereocenters. The van der Waals surface area contributed by atoms with Crippen molar-refractivity contribution in [2.45, 2.75) is 84.1 Å². The minimum Gasteiger partial charge on any atom is -0.474 e. The van der Waals surface area contributed by atoms with Crippen molar-refractivity contribution in [3.05, 3.63) is 23.9 Å². The van der Waals surface area contributed by atoms with Crippen LogP contribution in [-0.2, 0) is 11.3 Å². The number of alkyl carbamates (subject to hydrolysis) is 1. The monoisotopic (exact) mass is 547 g/mol. The third-order valence-electron chi connectivity index (χ3n) is 4.61. The SMILES string of the molecule is CN=C(NCc1ccnc(OC2CCCC2)c1)NCC(C)(C)NC(=O)OC(C)(C)C.I. The van der Waals surface area contributed by atoms with Crippen LogP contribution < -0.4 is 20.7 Å². The van der Waals surface area contributed by atoms with Gasteiger partial charge >= 0.3 is 6.09 Å². The highest BCUT2D eigenvalue weighted by molar-refractivity contribution is 14.0. The molecule has 176 valence electrons. The minimum absolute atomic E-state index is 0. The fourth-order valence-electron chi connectivity index (χ4n) is 3.14. The Hall–Kier alpha value is -1.78. The van der Waals surface area contributed by atoms with Gasteiger partial charge in [0.2, 0.25) is 5.88 Å². The molecule has 2 rings (SSSR count). The van der Waals surface area contributed by atoms with E-state index in [1.54, 1.807) is 13.2 Å². The molecule has 1 aliphatic rings. The van der Waals surface area contributed by atoms with Crippen molar-refractivity contribution >= 4 is 36.0 Å². The Labute approximate surface area is 203 Å². The number of nitrogens with zero attached hydrogens (tertiary/aromatic N) is 2. The number of aliphatic imine (C=N–C) groups is 1. The van der Waals surface area contributed by atoms with Crippen LogP contribution in [0.15, 0.2) is 23.3 Å². The van der Waals surface area contributed by atoms with Gasteiger partial charge in [-0.2, -0.15) is 0 Å². The van der Waals surface area contributed by atoms with E-state index < -0.39 is 17.2 Å². The zero-order valence-electron chi connectivity index (χ0n) is 19.6. The topological polar surface area (TPSA) is 96.9 Å². The molecule has 1 saturated carbocycles. The van der Waals surface area contributed by atoms with Gasteiger partial charge in [0, 0.05) is 32.4 Å². The van der Waals surface area contributed by atoms with Crippen LogP contribution in [0.3, 0.4) is 0 Å². The van der Waals surface area contributed by atoms with E-state index in [2.05, 4.69) is 25.9 Å². The molecule has 0 spiro atoms. The molecule has 0 bridgehead atoms. The lowest BCUT2D eigenvalue weighted by atomic mass is 10.1. The van der Waals surface area contributed by atoms with E-state index in [0.717, 1.165) is 18.4 Å². The summed E-state index contributed by atoms with van der Waals surface area (Å²) in [6.07, 6.45) is 6.28. The van der Waals surface area contributed by atoms with Crippen LogP contribution in [0.4, 0.5) is 4.79 Å². The number of rotatable bonds is 7. The van der Waals surface area contributed by atoms with Crippen molar-refractivity contribution in [3.63, 3.8) is 0 Å². The van der Waals surface area contributed by atoms with Crippen LogP contribution in [0, 0.1) is 0 Å². The summed E-state index contributed by atoms with van der Waals surface area (Å²) in [5.41, 5.74) is 0.0155. The molecule has 1 aromatic rings. The Bertz CT molecular complexity index is 728. The maximum Gasteiger partial charge on any atom is 0.408 e. The van der Waals surface area contributed by atoms with Crippen molar-refractivity contribution in [1.29, 1.82) is 0 Å². The first-order valence-electron chi connectivity index (χ1n) is 10.6. The molecule has 31 heavy (non-hydrogen) atoms. The van der Waals surface area contributed by atoms with Crippen molar-refractivity contribution in [1.82, 2.24) is 20.9 Å². The smallest absolute Gasteiger partial charge is 0.408 e. The molecule has 8 nitrogen and oxygen atoms in total. The summed E-state index contributed by atoms with van der Waals surface area (Å²) in [6, 6.07) is 3.92. The molecule has 0 unspecified atom stereocenters. The Kier molecular flexibility index (Phi) is 10.8. The lowest BCUT2D eigenvalue weighted by Gasteiger charge is -2.29. The van der Waals surface area contributed by atoms with Crippen molar-refractivity contribution < 1.29 is 14.3 Å². The average Bonchev–Trinajstić information content (AvgIpc) is 3.13. The number of amides is 1. The molecule has 9 heteroatoms. The second-order valence-electron chi connectivity index (χ2n) is 9.32. The third kappa shape index (κ3) is 10.9. The van der Waals surface area contributed by atoms with E-state index in [1.807, 2.05) is 46.8 Å². The van der Waals surface area contributed by atoms with Gasteiger partial charge < -0.3 is 25.4 Å². The summed E-state index contributed by atoms with van der Waals surface area (Å²) in [4.78, 5) is 20.6. The van der Waals surface area contributed by atoms with Crippen LogP contribution in [0.1, 0.15) is 65.9 Å². The molecule has 1 heterocycles. The Morgan fingerprint density at radius 2 is 1.87 bits per heavy atom. The summed E-state index contributed by atoms with van der Waals surface area (Å²) in [6.45, 7) is 10.4. The third-order valence-corrected chi connectivity index (χ3v) is 4.61. The minimum atomic E-state index is -0.532. The van der Waals surface area contributed by atoms with Gasteiger partial charge in [0.1, 0.15) is 11.7 Å². The van der Waals surface area contributed by atoms with Gasteiger partial charge in [-0.05, 0) is 71.9 Å². The summed E-state index contributed by atoms with van der Waals surface area (Å²) in [5.74, 6) is 1.32. The Balaban J connectivity index is 0.00000480. The lowest BCUT2D eigenvalue weighted by Crippen LogP contribution is -2.54. The van der Waals surface area contributed by atoms with Crippen LogP contribution >= 0.6 is 24.0 Å². The van der Waals surface area contributed by atoms with Gasteiger partial charge in [-0.15, -0.1) is 24.0 Å². The van der Waals surface area contributed by atoms with Crippen LogP contribution in [0.2, 0.25) is 0 Å². The zero-order chi connectivity index (χ0) is 22.2. The number of aromatic nitrogens is 1. The van der Waals surface area contributed by atoms with Crippen molar-refractivity contribution in [2.75, 3.05) is 13.6 Å². The summed E-state index contributed by atoms with van der Waals surface area (Å²) >= 11 is 0. The second kappa shape index (κ2) is 12.3. The number of halogens is 1. The van der Waals surface area contributed by atoms with E-state index in [9.17, 15) is 4.79 Å². The first-order chi connectivity index (χ1) is 14.1. The highest BCUT2D eigenvalue weighted by Gasteiger charge is 2.24. The molecule has 1 aliphatic carbocycles. The number of carbonyl (C=O) groups is 1. The Morgan fingerprint density at radius 1 is 1.19 bits per heavy atom. The molecule has 0 aliphatic heterocycles. The van der Waals surface area contributed by atoms with Gasteiger partial charge in [0.25, 0.3) is 0 Å². The van der Waals surface area contributed by atoms with Gasteiger partial charge in [-0.1, -0.05) is 0 Å². The maximum atomic E-state index is 12.0. The van der Waals surface area contributed by atoms with E-state index in [4.69, 9.17) is 9.47 Å². The first kappa shape index (κ1) is 27.3. The highest BCUT2D eigenvalue weighted by Crippen LogP contribution is 2.23. The first-order valence-corrected chi connectivity index (χ1v) is 10.6. The predicted molar refractivity (Wildman–Crippen MR) is 134 cm³/mol. The molecule has 1 fully saturated rings.